The zero-order chi connectivity index (χ0) is 21.8. The number of halogens is 1. The van der Waals surface area contributed by atoms with Crippen molar-refractivity contribution < 1.29 is 14.3 Å². The van der Waals surface area contributed by atoms with E-state index < -0.39 is 0 Å². The maximum atomic E-state index is 12.8. The molecule has 4 rings (SSSR count). The molecule has 2 N–H and O–H groups in total. The number of hydrogen-bond acceptors (Lipinski definition) is 4. The number of fused-ring (bicyclic) bond motifs is 2. The first kappa shape index (κ1) is 21.7. The molecular formula is C24H28ClN3O3. The molecule has 2 saturated heterocycles. The molecule has 0 saturated carbocycles. The predicted molar refractivity (Wildman–Crippen MR) is 122 cm³/mol. The minimum atomic E-state index is -0.102. The molecular weight excluding hydrogens is 414 g/mol. The van der Waals surface area contributed by atoms with Crippen molar-refractivity contribution in [1.29, 1.82) is 0 Å². The number of piperidine rings is 2. The van der Waals surface area contributed by atoms with E-state index in [0.717, 1.165) is 37.8 Å². The van der Waals surface area contributed by atoms with Crippen molar-refractivity contribution >= 4 is 29.1 Å². The summed E-state index contributed by atoms with van der Waals surface area (Å²) in [6.07, 6.45) is 4.96. The Morgan fingerprint density at radius 2 is 1.74 bits per heavy atom. The summed E-state index contributed by atoms with van der Waals surface area (Å²) in [5, 5.41) is 6.80. The summed E-state index contributed by atoms with van der Waals surface area (Å²) < 4.78 is 5.33. The molecule has 6 nitrogen and oxygen atoms in total. The van der Waals surface area contributed by atoms with Crippen LogP contribution in [0, 0.1) is 0 Å². The predicted octanol–water partition coefficient (Wildman–Crippen LogP) is 4.10. The molecule has 31 heavy (non-hydrogen) atoms. The van der Waals surface area contributed by atoms with Gasteiger partial charge in [-0.3, -0.25) is 14.5 Å². The molecule has 0 spiro atoms. The molecule has 2 fully saturated rings. The molecule has 164 valence electrons. The molecule has 2 heterocycles. The van der Waals surface area contributed by atoms with Gasteiger partial charge in [0.1, 0.15) is 5.75 Å². The number of methoxy groups -OCH3 is 1. The standard InChI is InChI=1S/C24H28ClN3O3/c1-31-22-8-3-2-7-21(22)24(30)27-18-13-19-5-4-6-20(14-18)28(19)15-23(29)26-17-11-9-16(25)10-12-17/h2-3,7-12,18-20H,4-6,13-15H2,1H3,(H,26,29)(H,27,30). The summed E-state index contributed by atoms with van der Waals surface area (Å²) in [7, 11) is 1.57. The van der Waals surface area contributed by atoms with Gasteiger partial charge in [0.25, 0.3) is 5.91 Å². The lowest BCUT2D eigenvalue weighted by Crippen LogP contribution is -2.58. The van der Waals surface area contributed by atoms with E-state index in [-0.39, 0.29) is 17.9 Å². The number of nitrogens with one attached hydrogen (secondary N) is 2. The fourth-order valence-electron chi connectivity index (χ4n) is 4.85. The van der Waals surface area contributed by atoms with Gasteiger partial charge in [-0.25, -0.2) is 0 Å². The number of anilines is 1. The summed E-state index contributed by atoms with van der Waals surface area (Å²) >= 11 is 5.92. The Morgan fingerprint density at radius 1 is 1.06 bits per heavy atom. The van der Waals surface area contributed by atoms with Crippen LogP contribution in [0.4, 0.5) is 5.69 Å². The average Bonchev–Trinajstić information content (AvgIpc) is 2.75. The summed E-state index contributed by atoms with van der Waals surface area (Å²) in [5.41, 5.74) is 1.30. The van der Waals surface area contributed by atoms with E-state index in [1.54, 1.807) is 43.5 Å². The molecule has 7 heteroatoms. The average molecular weight is 442 g/mol. The van der Waals surface area contributed by atoms with Gasteiger partial charge in [0, 0.05) is 28.8 Å². The third-order valence-corrected chi connectivity index (χ3v) is 6.52. The Labute approximate surface area is 187 Å². The first-order valence-electron chi connectivity index (χ1n) is 10.8. The smallest absolute Gasteiger partial charge is 0.255 e. The Balaban J connectivity index is 1.37. The van der Waals surface area contributed by atoms with E-state index in [2.05, 4.69) is 15.5 Å². The molecule has 2 aliphatic heterocycles. The lowest BCUT2D eigenvalue weighted by atomic mass is 9.81. The lowest BCUT2D eigenvalue weighted by molar-refractivity contribution is -0.120. The summed E-state index contributed by atoms with van der Waals surface area (Å²) in [4.78, 5) is 27.8. The largest absolute Gasteiger partial charge is 0.496 e. The Hall–Kier alpha value is -2.57. The first-order chi connectivity index (χ1) is 15.0. The molecule has 2 bridgehead atoms. The molecule has 0 aliphatic carbocycles. The fourth-order valence-corrected chi connectivity index (χ4v) is 4.98. The highest BCUT2D eigenvalue weighted by atomic mass is 35.5. The molecule has 0 radical (unpaired) electrons. The second-order valence-electron chi connectivity index (χ2n) is 8.31. The molecule has 2 aromatic carbocycles. The number of rotatable bonds is 6. The Kier molecular flexibility index (Phi) is 6.78. The number of ether oxygens (including phenoxy) is 1. The van der Waals surface area contributed by atoms with E-state index in [1.807, 2.05) is 12.1 Å². The van der Waals surface area contributed by atoms with Crippen molar-refractivity contribution in [1.82, 2.24) is 10.2 Å². The van der Waals surface area contributed by atoms with Crippen LogP contribution in [0.3, 0.4) is 0 Å². The Bertz CT molecular complexity index is 920. The van der Waals surface area contributed by atoms with Crippen molar-refractivity contribution in [3.05, 3.63) is 59.1 Å². The SMILES string of the molecule is COc1ccccc1C(=O)NC1CC2CCCC(C1)N2CC(=O)Nc1ccc(Cl)cc1. The van der Waals surface area contributed by atoms with Crippen LogP contribution in [0.15, 0.2) is 48.5 Å². The maximum Gasteiger partial charge on any atom is 0.255 e. The van der Waals surface area contributed by atoms with E-state index in [4.69, 9.17) is 16.3 Å². The molecule has 2 amide bonds. The summed E-state index contributed by atoms with van der Waals surface area (Å²) in [6, 6.07) is 15.1. The van der Waals surface area contributed by atoms with Gasteiger partial charge in [-0.15, -0.1) is 0 Å². The van der Waals surface area contributed by atoms with Gasteiger partial charge in [0.15, 0.2) is 0 Å². The zero-order valence-corrected chi connectivity index (χ0v) is 18.4. The first-order valence-corrected chi connectivity index (χ1v) is 11.2. The Morgan fingerprint density at radius 3 is 2.42 bits per heavy atom. The second kappa shape index (κ2) is 9.71. The highest BCUT2D eigenvalue weighted by molar-refractivity contribution is 6.30. The van der Waals surface area contributed by atoms with Crippen molar-refractivity contribution in [2.75, 3.05) is 19.0 Å². The molecule has 2 aromatic rings. The van der Waals surface area contributed by atoms with E-state index in [0.29, 0.717) is 35.0 Å². The zero-order valence-electron chi connectivity index (χ0n) is 17.6. The van der Waals surface area contributed by atoms with Gasteiger partial charge in [-0.05, 0) is 62.1 Å². The van der Waals surface area contributed by atoms with Gasteiger partial charge in [0.2, 0.25) is 5.91 Å². The van der Waals surface area contributed by atoms with Crippen molar-refractivity contribution in [3.63, 3.8) is 0 Å². The fraction of sp³-hybridized carbons (Fsp3) is 0.417. The topological polar surface area (TPSA) is 70.7 Å². The van der Waals surface area contributed by atoms with Gasteiger partial charge in [0.05, 0.1) is 19.2 Å². The summed E-state index contributed by atoms with van der Waals surface area (Å²) in [5.74, 6) is 0.460. The van der Waals surface area contributed by atoms with Gasteiger partial charge in [-0.2, -0.15) is 0 Å². The van der Waals surface area contributed by atoms with Crippen LogP contribution in [0.5, 0.6) is 5.75 Å². The van der Waals surface area contributed by atoms with Crippen LogP contribution in [-0.4, -0.2) is 48.5 Å². The van der Waals surface area contributed by atoms with Gasteiger partial charge in [-0.1, -0.05) is 30.2 Å². The van der Waals surface area contributed by atoms with Crippen molar-refractivity contribution in [3.8, 4) is 5.75 Å². The van der Waals surface area contributed by atoms with Crippen molar-refractivity contribution in [2.45, 2.75) is 50.2 Å². The van der Waals surface area contributed by atoms with Crippen LogP contribution in [0.2, 0.25) is 5.02 Å². The third kappa shape index (κ3) is 5.20. The minimum absolute atomic E-state index is 0.0178. The number of nitrogens with zero attached hydrogens (tertiary/aromatic N) is 1. The number of para-hydroxylation sites is 1. The highest BCUT2D eigenvalue weighted by Crippen LogP contribution is 2.34. The van der Waals surface area contributed by atoms with E-state index in [1.165, 1.54) is 0 Å². The van der Waals surface area contributed by atoms with Crippen LogP contribution in [-0.2, 0) is 4.79 Å². The third-order valence-electron chi connectivity index (χ3n) is 6.27. The molecule has 2 aliphatic rings. The normalized spacial score (nSPS) is 23.1. The monoisotopic (exact) mass is 441 g/mol. The van der Waals surface area contributed by atoms with E-state index in [9.17, 15) is 9.59 Å². The summed E-state index contributed by atoms with van der Waals surface area (Å²) in [6.45, 7) is 0.366. The van der Waals surface area contributed by atoms with E-state index >= 15 is 0 Å². The minimum Gasteiger partial charge on any atom is -0.496 e. The number of carbonyl (C=O) groups excluding carboxylic acids is 2. The molecule has 2 unspecified atom stereocenters. The van der Waals surface area contributed by atoms with Crippen LogP contribution < -0.4 is 15.4 Å². The number of benzene rings is 2. The lowest BCUT2D eigenvalue weighted by Gasteiger charge is -2.48. The quantitative estimate of drug-likeness (QED) is 0.708. The van der Waals surface area contributed by atoms with Gasteiger partial charge >= 0.3 is 0 Å². The van der Waals surface area contributed by atoms with Gasteiger partial charge < -0.3 is 15.4 Å². The van der Waals surface area contributed by atoms with Crippen molar-refractivity contribution in [2.24, 2.45) is 0 Å². The second-order valence-corrected chi connectivity index (χ2v) is 8.74. The molecule has 0 aromatic heterocycles. The number of carbonyl (C=O) groups is 2. The van der Waals surface area contributed by atoms with Crippen LogP contribution in [0.1, 0.15) is 42.5 Å². The van der Waals surface area contributed by atoms with Crippen LogP contribution in [0.25, 0.3) is 0 Å². The maximum absolute atomic E-state index is 12.8. The number of amides is 2. The van der Waals surface area contributed by atoms with Crippen LogP contribution >= 0.6 is 11.6 Å². The highest BCUT2D eigenvalue weighted by Gasteiger charge is 2.39. The molecule has 2 atom stereocenters. The number of hydrogen-bond donors (Lipinski definition) is 2.